The van der Waals surface area contributed by atoms with Crippen LogP contribution >= 0.6 is 0 Å². The second-order valence-corrected chi connectivity index (χ2v) is 12.1. The Kier molecular flexibility index (Phi) is 4.99. The normalized spacial score (nSPS) is 12.7. The summed E-state index contributed by atoms with van der Waals surface area (Å²) in [7, 11) is 0. The van der Waals surface area contributed by atoms with E-state index in [2.05, 4.69) is 120 Å². The van der Waals surface area contributed by atoms with Crippen LogP contribution in [0.15, 0.2) is 91.1 Å². The van der Waals surface area contributed by atoms with Crippen LogP contribution in [0.3, 0.4) is 0 Å². The van der Waals surface area contributed by atoms with E-state index in [1.165, 1.54) is 60.0 Å². The van der Waals surface area contributed by atoms with E-state index in [1.807, 2.05) is 12.3 Å². The first kappa shape index (κ1) is 22.7. The van der Waals surface area contributed by atoms with Crippen LogP contribution in [0.2, 0.25) is 0 Å². The molecule has 6 rings (SSSR count). The van der Waals surface area contributed by atoms with Crippen molar-refractivity contribution in [2.24, 2.45) is 0 Å². The lowest BCUT2D eigenvalue weighted by atomic mass is 9.73. The van der Waals surface area contributed by atoms with E-state index in [0.717, 1.165) is 5.52 Å². The number of aromatic nitrogens is 1. The minimum atomic E-state index is -0.0385. The third-order valence-electron chi connectivity index (χ3n) is 7.44. The smallest absolute Gasteiger partial charge is 0.0783 e. The maximum absolute atomic E-state index is 4.91. The lowest BCUT2D eigenvalue weighted by Crippen LogP contribution is -2.18. The Morgan fingerprint density at radius 1 is 0.500 bits per heavy atom. The van der Waals surface area contributed by atoms with Gasteiger partial charge in [0.1, 0.15) is 0 Å². The van der Waals surface area contributed by atoms with Crippen LogP contribution in [-0.4, -0.2) is 4.98 Å². The zero-order chi connectivity index (χ0) is 25.2. The summed E-state index contributed by atoms with van der Waals surface area (Å²) in [6, 6.07) is 31.3. The van der Waals surface area contributed by atoms with E-state index >= 15 is 0 Å². The maximum atomic E-state index is 4.91. The molecule has 0 saturated carbocycles. The summed E-state index contributed by atoms with van der Waals surface area (Å²) in [5.74, 6) is 0. The van der Waals surface area contributed by atoms with Crippen LogP contribution in [-0.2, 0) is 10.8 Å². The van der Waals surface area contributed by atoms with Crippen molar-refractivity contribution in [1.29, 1.82) is 0 Å². The Hall–Kier alpha value is -3.71. The van der Waals surface area contributed by atoms with Gasteiger partial charge in [-0.05, 0) is 78.2 Å². The lowest BCUT2D eigenvalue weighted by Gasteiger charge is -2.31. The third kappa shape index (κ3) is 3.57. The molecular formula is C35H33N. The predicted molar refractivity (Wildman–Crippen MR) is 157 cm³/mol. The fraction of sp³-hybridized carbons (Fsp3) is 0.229. The van der Waals surface area contributed by atoms with Crippen molar-refractivity contribution in [2.45, 2.75) is 52.4 Å². The summed E-state index contributed by atoms with van der Waals surface area (Å²) in [4.78, 5) is 4.91. The van der Waals surface area contributed by atoms with Gasteiger partial charge in [-0.1, -0.05) is 108 Å². The molecule has 5 aromatic carbocycles. The number of hydrogen-bond acceptors (Lipinski definition) is 1. The van der Waals surface area contributed by atoms with Crippen LogP contribution in [0, 0.1) is 0 Å². The van der Waals surface area contributed by atoms with Crippen molar-refractivity contribution in [3.8, 4) is 11.1 Å². The molecule has 0 amide bonds. The van der Waals surface area contributed by atoms with Gasteiger partial charge in [-0.15, -0.1) is 0 Å². The first-order chi connectivity index (χ1) is 17.1. The van der Waals surface area contributed by atoms with E-state index in [1.54, 1.807) is 0 Å². The van der Waals surface area contributed by atoms with E-state index < -0.39 is 0 Å². The molecule has 0 aliphatic heterocycles. The van der Waals surface area contributed by atoms with Crippen LogP contribution in [0.25, 0.3) is 54.3 Å². The summed E-state index contributed by atoms with van der Waals surface area (Å²) in [5.41, 5.74) is 6.34. The number of benzene rings is 5. The molecule has 6 aromatic rings. The standard InChI is InChI=1S/C35H33N/c1-34(2,3)31-28-18-15-23-12-9-19-36-33(23)30(28)32(35(4,5)6)27-17-16-26(21-29(27)31)25-14-13-22-10-7-8-11-24(22)20-25/h7-21H,1-6H3. The second kappa shape index (κ2) is 7.90. The number of pyridine rings is 1. The van der Waals surface area contributed by atoms with Crippen LogP contribution in [0.1, 0.15) is 52.7 Å². The molecule has 178 valence electrons. The van der Waals surface area contributed by atoms with Crippen LogP contribution < -0.4 is 0 Å². The predicted octanol–water partition coefficient (Wildman–Crippen LogP) is 9.96. The summed E-state index contributed by atoms with van der Waals surface area (Å²) in [6.07, 6.45) is 1.93. The minimum Gasteiger partial charge on any atom is -0.256 e. The lowest BCUT2D eigenvalue weighted by molar-refractivity contribution is 0.593. The summed E-state index contributed by atoms with van der Waals surface area (Å²) < 4.78 is 0. The Labute approximate surface area is 213 Å². The number of hydrogen-bond donors (Lipinski definition) is 0. The van der Waals surface area contributed by atoms with Crippen molar-refractivity contribution in [1.82, 2.24) is 4.98 Å². The molecular weight excluding hydrogens is 434 g/mol. The van der Waals surface area contributed by atoms with Gasteiger partial charge in [0, 0.05) is 17.0 Å². The molecule has 0 radical (unpaired) electrons. The van der Waals surface area contributed by atoms with Crippen LogP contribution in [0.4, 0.5) is 0 Å². The Morgan fingerprint density at radius 2 is 1.11 bits per heavy atom. The molecule has 0 aliphatic carbocycles. The van der Waals surface area contributed by atoms with Gasteiger partial charge < -0.3 is 0 Å². The molecule has 0 aliphatic rings. The average molecular weight is 468 g/mol. The van der Waals surface area contributed by atoms with Gasteiger partial charge in [0.05, 0.1) is 5.52 Å². The van der Waals surface area contributed by atoms with Gasteiger partial charge in [0.25, 0.3) is 0 Å². The van der Waals surface area contributed by atoms with Crippen LogP contribution in [0.5, 0.6) is 0 Å². The molecule has 0 fully saturated rings. The Bertz CT molecular complexity index is 1790. The largest absolute Gasteiger partial charge is 0.256 e. The van der Waals surface area contributed by atoms with Gasteiger partial charge >= 0.3 is 0 Å². The van der Waals surface area contributed by atoms with Gasteiger partial charge in [0.2, 0.25) is 0 Å². The fourth-order valence-corrected chi connectivity index (χ4v) is 5.99. The van der Waals surface area contributed by atoms with Gasteiger partial charge in [-0.3, -0.25) is 4.98 Å². The molecule has 1 heteroatoms. The topological polar surface area (TPSA) is 12.9 Å². The van der Waals surface area contributed by atoms with Crippen molar-refractivity contribution >= 4 is 43.2 Å². The van der Waals surface area contributed by atoms with E-state index in [-0.39, 0.29) is 10.8 Å². The highest BCUT2D eigenvalue weighted by Gasteiger charge is 2.28. The molecule has 1 nitrogen and oxygen atoms in total. The van der Waals surface area contributed by atoms with E-state index in [4.69, 9.17) is 4.98 Å². The van der Waals surface area contributed by atoms with Crippen molar-refractivity contribution < 1.29 is 0 Å². The zero-order valence-corrected chi connectivity index (χ0v) is 22.1. The van der Waals surface area contributed by atoms with E-state index in [9.17, 15) is 0 Å². The van der Waals surface area contributed by atoms with E-state index in [0.29, 0.717) is 0 Å². The molecule has 1 heterocycles. The molecule has 36 heavy (non-hydrogen) atoms. The number of nitrogens with zero attached hydrogens (tertiary/aromatic N) is 1. The minimum absolute atomic E-state index is 0.0304. The zero-order valence-electron chi connectivity index (χ0n) is 22.1. The molecule has 0 N–H and O–H groups in total. The molecule has 0 bridgehead atoms. The highest BCUT2D eigenvalue weighted by atomic mass is 14.6. The first-order valence-electron chi connectivity index (χ1n) is 12.9. The highest BCUT2D eigenvalue weighted by molar-refractivity contribution is 6.17. The molecule has 0 atom stereocenters. The van der Waals surface area contributed by atoms with Gasteiger partial charge in [-0.25, -0.2) is 0 Å². The average Bonchev–Trinajstić information content (AvgIpc) is 2.85. The maximum Gasteiger partial charge on any atom is 0.0783 e. The highest BCUT2D eigenvalue weighted by Crippen LogP contribution is 2.46. The van der Waals surface area contributed by atoms with Crippen molar-refractivity contribution in [3.05, 3.63) is 102 Å². The third-order valence-corrected chi connectivity index (χ3v) is 7.44. The Balaban J connectivity index is 1.78. The summed E-state index contributed by atoms with van der Waals surface area (Å²) >= 11 is 0. The molecule has 0 unspecified atom stereocenters. The number of fused-ring (bicyclic) bond motifs is 5. The van der Waals surface area contributed by atoms with Crippen molar-refractivity contribution in [3.63, 3.8) is 0 Å². The monoisotopic (exact) mass is 467 g/mol. The SMILES string of the molecule is CC(C)(C)c1c2cc(-c3ccc4ccccc4c3)ccc2c(C(C)(C)C)c2c1ccc1cccnc12. The van der Waals surface area contributed by atoms with Crippen molar-refractivity contribution in [2.75, 3.05) is 0 Å². The Morgan fingerprint density at radius 3 is 1.86 bits per heavy atom. The second-order valence-electron chi connectivity index (χ2n) is 12.1. The fourth-order valence-electron chi connectivity index (χ4n) is 5.99. The molecule has 0 spiro atoms. The molecule has 0 saturated heterocycles. The first-order valence-corrected chi connectivity index (χ1v) is 12.9. The summed E-state index contributed by atoms with van der Waals surface area (Å²) in [6.45, 7) is 14.0. The van der Waals surface area contributed by atoms with Gasteiger partial charge in [0.15, 0.2) is 0 Å². The quantitative estimate of drug-likeness (QED) is 0.173. The molecule has 1 aromatic heterocycles. The number of rotatable bonds is 1. The van der Waals surface area contributed by atoms with Gasteiger partial charge in [-0.2, -0.15) is 0 Å². The summed E-state index contributed by atoms with van der Waals surface area (Å²) in [5, 5.41) is 9.06.